The first-order valence-electron chi connectivity index (χ1n) is 9.29. The van der Waals surface area contributed by atoms with Gasteiger partial charge in [-0.25, -0.2) is 0 Å². The van der Waals surface area contributed by atoms with Gasteiger partial charge in [-0.3, -0.25) is 4.79 Å². The molecule has 3 aromatic rings. The van der Waals surface area contributed by atoms with Crippen LogP contribution >= 0.6 is 0 Å². The zero-order valence-corrected chi connectivity index (χ0v) is 16.2. The lowest BCUT2D eigenvalue weighted by atomic mass is 9.95. The fraction of sp³-hybridized carbons (Fsp3) is 0.208. The first kappa shape index (κ1) is 18.9. The van der Waals surface area contributed by atoms with Gasteiger partial charge in [0.05, 0.1) is 0 Å². The number of hydrogen-bond donors (Lipinski definition) is 1. The van der Waals surface area contributed by atoms with Gasteiger partial charge in [0.25, 0.3) is 5.91 Å². The van der Waals surface area contributed by atoms with Crippen LogP contribution in [-0.2, 0) is 4.79 Å². The van der Waals surface area contributed by atoms with E-state index in [9.17, 15) is 4.79 Å². The lowest BCUT2D eigenvalue weighted by molar-refractivity contribution is -0.714. The average Bonchev–Trinajstić information content (AvgIpc) is 2.70. The molecule has 0 aliphatic carbocycles. The van der Waals surface area contributed by atoms with Gasteiger partial charge < -0.3 is 10.2 Å². The number of rotatable bonds is 6. The highest BCUT2D eigenvalue weighted by atomic mass is 16.2. The zero-order valence-electron chi connectivity index (χ0n) is 16.2. The van der Waals surface area contributed by atoms with E-state index in [1.807, 2.05) is 50.5 Å². The predicted octanol–water partition coefficient (Wildman–Crippen LogP) is 3.48. The van der Waals surface area contributed by atoms with E-state index in [0.717, 1.165) is 5.56 Å². The fourth-order valence-electron chi connectivity index (χ4n) is 3.32. The van der Waals surface area contributed by atoms with Gasteiger partial charge >= 0.3 is 0 Å². The Hall–Kier alpha value is -2.91. The van der Waals surface area contributed by atoms with Gasteiger partial charge in [0.1, 0.15) is 6.04 Å². The topological polar surface area (TPSA) is 36.9 Å². The van der Waals surface area contributed by atoms with Crippen LogP contribution in [0.3, 0.4) is 0 Å². The molecule has 0 heterocycles. The number of hydrogen-bond acceptors (Lipinski definition) is 1. The molecule has 0 unspecified atom stereocenters. The molecule has 2 N–H and O–H groups in total. The van der Waals surface area contributed by atoms with Crippen LogP contribution < -0.4 is 5.32 Å². The van der Waals surface area contributed by atoms with E-state index < -0.39 is 0 Å². The third-order valence-corrected chi connectivity index (χ3v) is 4.85. The van der Waals surface area contributed by atoms with Crippen LogP contribution in [0.1, 0.15) is 34.3 Å². The maximum Gasteiger partial charge on any atom is 0.285 e. The Labute approximate surface area is 161 Å². The molecule has 0 radical (unpaired) electrons. The average molecular weight is 359 g/mol. The quantitative estimate of drug-likeness (QED) is 0.719. The fourth-order valence-corrected chi connectivity index (χ4v) is 3.32. The van der Waals surface area contributed by atoms with Crippen LogP contribution in [-0.4, -0.2) is 24.9 Å². The minimum absolute atomic E-state index is 0.0425. The minimum atomic E-state index is -0.298. The van der Waals surface area contributed by atoms with Gasteiger partial charge in [0.2, 0.25) is 0 Å². The van der Waals surface area contributed by atoms with E-state index in [4.69, 9.17) is 0 Å². The van der Waals surface area contributed by atoms with Crippen molar-refractivity contribution in [2.24, 2.45) is 0 Å². The Kier molecular flexibility index (Phi) is 6.05. The van der Waals surface area contributed by atoms with Crippen molar-refractivity contribution < 1.29 is 10.1 Å². The Bertz CT molecular complexity index is 858. The molecule has 0 spiro atoms. The molecule has 0 fully saturated rings. The number of nitrogens with zero attached hydrogens (tertiary/aromatic N) is 1. The molecule has 2 atom stereocenters. The standard InChI is InChI=1S/C24H26N2O/c1-18-14-16-21(17-15-18)22(19-10-6-4-7-11-19)25-23(24(27)26(2)3)20-12-8-5-9-13-20/h4-17,22-23,25H,1-3H3/p+1/t22-,23-/m0/s1. The molecule has 0 bridgehead atoms. The smallest absolute Gasteiger partial charge is 0.285 e. The number of quaternary nitrogens is 1. The minimum Gasteiger partial charge on any atom is -0.343 e. The van der Waals surface area contributed by atoms with Gasteiger partial charge in [0, 0.05) is 30.8 Å². The molecular formula is C24H27N2O+. The van der Waals surface area contributed by atoms with E-state index in [2.05, 4.69) is 60.8 Å². The summed E-state index contributed by atoms with van der Waals surface area (Å²) in [5.74, 6) is 0.0919. The third-order valence-electron chi connectivity index (χ3n) is 4.85. The third kappa shape index (κ3) is 4.63. The summed E-state index contributed by atoms with van der Waals surface area (Å²) in [6, 6.07) is 28.7. The molecule has 1 amide bonds. The molecule has 0 saturated carbocycles. The van der Waals surface area contributed by atoms with E-state index in [1.165, 1.54) is 16.7 Å². The summed E-state index contributed by atoms with van der Waals surface area (Å²) in [7, 11) is 3.63. The number of aryl methyl sites for hydroxylation is 1. The van der Waals surface area contributed by atoms with Crippen molar-refractivity contribution in [2.45, 2.75) is 19.0 Å². The van der Waals surface area contributed by atoms with Crippen LogP contribution in [0.5, 0.6) is 0 Å². The highest BCUT2D eigenvalue weighted by molar-refractivity contribution is 5.81. The molecule has 0 aliphatic heterocycles. The van der Waals surface area contributed by atoms with Crippen molar-refractivity contribution in [1.29, 1.82) is 0 Å². The summed E-state index contributed by atoms with van der Waals surface area (Å²) < 4.78 is 0. The maximum atomic E-state index is 13.0. The normalized spacial score (nSPS) is 13.0. The van der Waals surface area contributed by atoms with Crippen molar-refractivity contribution in [1.82, 2.24) is 4.90 Å². The SMILES string of the molecule is Cc1ccc([C@@H]([NH2+][C@H](C(=O)N(C)C)c2ccccc2)c2ccccc2)cc1. The second kappa shape index (κ2) is 8.65. The summed E-state index contributed by atoms with van der Waals surface area (Å²) in [6.45, 7) is 2.09. The van der Waals surface area contributed by atoms with Gasteiger partial charge in [-0.15, -0.1) is 0 Å². The summed E-state index contributed by atoms with van der Waals surface area (Å²) in [4.78, 5) is 14.7. The second-order valence-electron chi connectivity index (χ2n) is 7.11. The first-order valence-corrected chi connectivity index (χ1v) is 9.29. The lowest BCUT2D eigenvalue weighted by Crippen LogP contribution is -2.88. The molecule has 0 aromatic heterocycles. The highest BCUT2D eigenvalue weighted by Gasteiger charge is 2.30. The Balaban J connectivity index is 2.02. The first-order chi connectivity index (χ1) is 13.1. The number of carbonyl (C=O) groups excluding carboxylic acids is 1. The lowest BCUT2D eigenvalue weighted by Gasteiger charge is -2.25. The monoisotopic (exact) mass is 359 g/mol. The molecule has 3 nitrogen and oxygen atoms in total. The molecule has 3 heteroatoms. The number of benzene rings is 3. The van der Waals surface area contributed by atoms with E-state index in [-0.39, 0.29) is 18.0 Å². The number of carbonyl (C=O) groups is 1. The van der Waals surface area contributed by atoms with E-state index in [1.54, 1.807) is 4.90 Å². The summed E-state index contributed by atoms with van der Waals surface area (Å²) in [5.41, 5.74) is 4.63. The predicted molar refractivity (Wildman–Crippen MR) is 109 cm³/mol. The van der Waals surface area contributed by atoms with Gasteiger partial charge in [0.15, 0.2) is 6.04 Å². The van der Waals surface area contributed by atoms with Crippen molar-refractivity contribution in [2.75, 3.05) is 14.1 Å². The van der Waals surface area contributed by atoms with Gasteiger partial charge in [-0.2, -0.15) is 0 Å². The van der Waals surface area contributed by atoms with Crippen molar-refractivity contribution in [3.05, 3.63) is 107 Å². The Morgan fingerprint density at radius 2 is 1.22 bits per heavy atom. The van der Waals surface area contributed by atoms with Gasteiger partial charge in [-0.1, -0.05) is 90.5 Å². The van der Waals surface area contributed by atoms with Crippen LogP contribution in [0, 0.1) is 6.92 Å². The van der Waals surface area contributed by atoms with E-state index >= 15 is 0 Å². The molecule has 3 rings (SSSR count). The number of amides is 1. The summed E-state index contributed by atoms with van der Waals surface area (Å²) in [6.07, 6.45) is 0. The zero-order chi connectivity index (χ0) is 19.2. The van der Waals surface area contributed by atoms with Crippen LogP contribution in [0.15, 0.2) is 84.9 Å². The van der Waals surface area contributed by atoms with Crippen LogP contribution in [0.25, 0.3) is 0 Å². The molecule has 0 saturated heterocycles. The second-order valence-corrected chi connectivity index (χ2v) is 7.11. The number of nitrogens with two attached hydrogens (primary N) is 1. The van der Waals surface area contributed by atoms with Crippen molar-refractivity contribution >= 4 is 5.91 Å². The van der Waals surface area contributed by atoms with Gasteiger partial charge in [-0.05, 0) is 6.92 Å². The summed E-state index contributed by atoms with van der Waals surface area (Å²) in [5, 5.41) is 2.18. The molecule has 3 aromatic carbocycles. The summed E-state index contributed by atoms with van der Waals surface area (Å²) >= 11 is 0. The van der Waals surface area contributed by atoms with E-state index in [0.29, 0.717) is 0 Å². The largest absolute Gasteiger partial charge is 0.343 e. The Morgan fingerprint density at radius 1 is 0.741 bits per heavy atom. The molecule has 0 aliphatic rings. The molecule has 27 heavy (non-hydrogen) atoms. The maximum absolute atomic E-state index is 13.0. The Morgan fingerprint density at radius 3 is 1.74 bits per heavy atom. The highest BCUT2D eigenvalue weighted by Crippen LogP contribution is 2.21. The van der Waals surface area contributed by atoms with Crippen LogP contribution in [0.2, 0.25) is 0 Å². The van der Waals surface area contributed by atoms with Crippen LogP contribution in [0.4, 0.5) is 0 Å². The molecular weight excluding hydrogens is 332 g/mol. The van der Waals surface area contributed by atoms with Crippen molar-refractivity contribution in [3.63, 3.8) is 0 Å². The van der Waals surface area contributed by atoms with Crippen molar-refractivity contribution in [3.8, 4) is 0 Å². The number of likely N-dealkylation sites (N-methyl/N-ethyl adjacent to an activating group) is 1. The molecule has 138 valence electrons.